The number of primary amides is 1. The molecule has 1 rings (SSSR count). The molecule has 2 amide bonds. The number of carbonyl (C=O) groups is 2. The summed E-state index contributed by atoms with van der Waals surface area (Å²) in [4.78, 5) is 25.1. The maximum absolute atomic E-state index is 13.4. The van der Waals surface area contributed by atoms with Crippen LogP contribution in [0.4, 0.5) is 0 Å². The van der Waals surface area contributed by atoms with Crippen LogP contribution in [0.15, 0.2) is 24.3 Å². The van der Waals surface area contributed by atoms with Crippen molar-refractivity contribution in [2.24, 2.45) is 28.4 Å². The van der Waals surface area contributed by atoms with Crippen LogP contribution in [0.1, 0.15) is 91.2 Å². The summed E-state index contributed by atoms with van der Waals surface area (Å²) < 4.78 is 10.6. The molecular formula is C31H52N2O4. The number of rotatable bonds is 18. The van der Waals surface area contributed by atoms with E-state index in [0.717, 1.165) is 56.3 Å². The number of ether oxygens (including phenoxy) is 2. The van der Waals surface area contributed by atoms with Crippen molar-refractivity contribution >= 4 is 17.9 Å². The summed E-state index contributed by atoms with van der Waals surface area (Å²) >= 11 is 0. The standard InChI is InChI=1S/C31H52N2O4/c1-23(2)31(24(3)4,29(35)33-22-30(5,6)28(32)34)19-13-10-9-11-15-25-17-18-27(37-8)26(21-25)16-12-14-20-36-7/h12,16-18,21,23-24H,9-11,13-15,19-20,22H2,1-8H3,(H2,32,34)(H,33,35). The van der Waals surface area contributed by atoms with E-state index in [-0.39, 0.29) is 24.3 Å². The number of unbranched alkanes of at least 4 members (excludes halogenated alkanes) is 3. The van der Waals surface area contributed by atoms with Gasteiger partial charge in [0.2, 0.25) is 11.8 Å². The van der Waals surface area contributed by atoms with Gasteiger partial charge in [-0.05, 0) is 69.1 Å². The van der Waals surface area contributed by atoms with E-state index in [1.807, 2.05) is 6.07 Å². The number of carbonyl (C=O) groups excluding carboxylic acids is 2. The Kier molecular flexibility index (Phi) is 14.0. The first-order valence-electron chi connectivity index (χ1n) is 13.8. The fourth-order valence-electron chi connectivity index (χ4n) is 5.00. The zero-order valence-corrected chi connectivity index (χ0v) is 24.6. The molecule has 3 N–H and O–H groups in total. The third-order valence-electron chi connectivity index (χ3n) is 7.73. The SMILES string of the molecule is COCCC=Cc1cc(CCCCCCC(C(=O)NCC(C)(C)C(N)=O)(C(C)C)C(C)C)ccc1OC. The van der Waals surface area contributed by atoms with Gasteiger partial charge < -0.3 is 20.5 Å². The molecule has 6 heteroatoms. The predicted octanol–water partition coefficient (Wildman–Crippen LogP) is 6.16. The monoisotopic (exact) mass is 516 g/mol. The van der Waals surface area contributed by atoms with E-state index in [1.165, 1.54) is 5.56 Å². The molecule has 0 unspecified atom stereocenters. The van der Waals surface area contributed by atoms with E-state index in [0.29, 0.717) is 6.61 Å². The van der Waals surface area contributed by atoms with Gasteiger partial charge >= 0.3 is 0 Å². The minimum absolute atomic E-state index is 0.0381. The van der Waals surface area contributed by atoms with Crippen LogP contribution in [0, 0.1) is 22.7 Å². The van der Waals surface area contributed by atoms with Crippen molar-refractivity contribution in [3.8, 4) is 5.75 Å². The average Bonchev–Trinajstić information content (AvgIpc) is 2.84. The van der Waals surface area contributed by atoms with Crippen LogP contribution in [0.25, 0.3) is 6.08 Å². The second kappa shape index (κ2) is 15.8. The third kappa shape index (κ3) is 9.81. The molecule has 0 radical (unpaired) electrons. The van der Waals surface area contributed by atoms with Gasteiger partial charge in [0.05, 0.1) is 17.9 Å². The van der Waals surface area contributed by atoms with E-state index in [9.17, 15) is 9.59 Å². The second-order valence-electron chi connectivity index (χ2n) is 11.5. The molecule has 210 valence electrons. The van der Waals surface area contributed by atoms with Crippen molar-refractivity contribution in [3.05, 3.63) is 35.4 Å². The normalized spacial score (nSPS) is 12.5. The Hall–Kier alpha value is -2.34. The van der Waals surface area contributed by atoms with Crippen molar-refractivity contribution in [3.63, 3.8) is 0 Å². The van der Waals surface area contributed by atoms with Gasteiger partial charge in [0.1, 0.15) is 5.75 Å². The number of benzene rings is 1. The number of nitrogens with two attached hydrogens (primary N) is 1. The molecule has 0 bridgehead atoms. The zero-order valence-electron chi connectivity index (χ0n) is 24.6. The highest BCUT2D eigenvalue weighted by Crippen LogP contribution is 2.41. The first-order valence-corrected chi connectivity index (χ1v) is 13.8. The van der Waals surface area contributed by atoms with Crippen LogP contribution in [-0.4, -0.2) is 39.2 Å². The highest BCUT2D eigenvalue weighted by atomic mass is 16.5. The smallest absolute Gasteiger partial charge is 0.226 e. The van der Waals surface area contributed by atoms with Gasteiger partial charge in [0.25, 0.3) is 0 Å². The summed E-state index contributed by atoms with van der Waals surface area (Å²) in [5.74, 6) is 0.904. The highest BCUT2D eigenvalue weighted by molar-refractivity contribution is 5.85. The first kappa shape index (κ1) is 32.7. The van der Waals surface area contributed by atoms with E-state index in [2.05, 4.69) is 57.3 Å². The van der Waals surface area contributed by atoms with E-state index >= 15 is 0 Å². The lowest BCUT2D eigenvalue weighted by molar-refractivity contribution is -0.138. The van der Waals surface area contributed by atoms with Gasteiger partial charge in [-0.1, -0.05) is 65.2 Å². The molecule has 0 fully saturated rings. The Morgan fingerprint density at radius 3 is 2.24 bits per heavy atom. The van der Waals surface area contributed by atoms with Crippen LogP contribution in [0.2, 0.25) is 0 Å². The molecule has 0 heterocycles. The van der Waals surface area contributed by atoms with Crippen LogP contribution in [-0.2, 0) is 20.7 Å². The quantitative estimate of drug-likeness (QED) is 0.229. The van der Waals surface area contributed by atoms with Crippen LogP contribution < -0.4 is 15.8 Å². The maximum Gasteiger partial charge on any atom is 0.226 e. The van der Waals surface area contributed by atoms with Gasteiger partial charge in [-0.3, -0.25) is 9.59 Å². The lowest BCUT2D eigenvalue weighted by atomic mass is 9.65. The van der Waals surface area contributed by atoms with E-state index in [1.54, 1.807) is 28.1 Å². The molecule has 1 aromatic rings. The van der Waals surface area contributed by atoms with Crippen molar-refractivity contribution in [2.75, 3.05) is 27.4 Å². The topological polar surface area (TPSA) is 90.6 Å². The Morgan fingerprint density at radius 1 is 1.03 bits per heavy atom. The molecule has 0 spiro atoms. The van der Waals surface area contributed by atoms with Crippen molar-refractivity contribution in [1.82, 2.24) is 5.32 Å². The number of aryl methyl sites for hydroxylation is 1. The molecule has 6 nitrogen and oxygen atoms in total. The molecular weight excluding hydrogens is 464 g/mol. The number of nitrogens with one attached hydrogen (secondary N) is 1. The summed E-state index contributed by atoms with van der Waals surface area (Å²) in [6.45, 7) is 13.0. The number of hydrogen-bond donors (Lipinski definition) is 2. The lowest BCUT2D eigenvalue weighted by Gasteiger charge is -2.41. The fraction of sp³-hybridized carbons (Fsp3) is 0.677. The van der Waals surface area contributed by atoms with E-state index in [4.69, 9.17) is 15.2 Å². The Labute approximate surface area is 225 Å². The van der Waals surface area contributed by atoms with Crippen molar-refractivity contribution in [1.29, 1.82) is 0 Å². The summed E-state index contributed by atoms with van der Waals surface area (Å²) in [6, 6.07) is 6.40. The van der Waals surface area contributed by atoms with E-state index < -0.39 is 16.7 Å². The Bertz CT molecular complexity index is 866. The lowest BCUT2D eigenvalue weighted by Crippen LogP contribution is -2.51. The van der Waals surface area contributed by atoms with Crippen LogP contribution in [0.5, 0.6) is 5.75 Å². The summed E-state index contributed by atoms with van der Waals surface area (Å²) in [5, 5.41) is 3.06. The molecule has 0 saturated heterocycles. The van der Waals surface area contributed by atoms with Crippen LogP contribution in [0.3, 0.4) is 0 Å². The first-order chi connectivity index (χ1) is 17.4. The Morgan fingerprint density at radius 2 is 1.68 bits per heavy atom. The van der Waals surface area contributed by atoms with Gasteiger partial charge in [0, 0.05) is 25.8 Å². The second-order valence-corrected chi connectivity index (χ2v) is 11.5. The number of hydrogen-bond acceptors (Lipinski definition) is 4. The van der Waals surface area contributed by atoms with Crippen molar-refractivity contribution in [2.45, 2.75) is 86.5 Å². The molecule has 0 atom stereocenters. The number of methoxy groups -OCH3 is 2. The van der Waals surface area contributed by atoms with Gasteiger partial charge in [0.15, 0.2) is 0 Å². The maximum atomic E-state index is 13.4. The minimum atomic E-state index is -0.767. The molecule has 0 aliphatic rings. The zero-order chi connectivity index (χ0) is 28.1. The highest BCUT2D eigenvalue weighted by Gasteiger charge is 2.44. The summed E-state index contributed by atoms with van der Waals surface area (Å²) in [6.07, 6.45) is 11.3. The van der Waals surface area contributed by atoms with Gasteiger partial charge in [-0.15, -0.1) is 0 Å². The largest absolute Gasteiger partial charge is 0.496 e. The van der Waals surface area contributed by atoms with Crippen LogP contribution >= 0.6 is 0 Å². The molecule has 0 saturated carbocycles. The average molecular weight is 517 g/mol. The summed E-state index contributed by atoms with van der Waals surface area (Å²) in [5.41, 5.74) is 6.68. The number of amides is 2. The minimum Gasteiger partial charge on any atom is -0.496 e. The van der Waals surface area contributed by atoms with Gasteiger partial charge in [-0.2, -0.15) is 0 Å². The molecule has 0 aliphatic carbocycles. The van der Waals surface area contributed by atoms with Gasteiger partial charge in [-0.25, -0.2) is 0 Å². The summed E-state index contributed by atoms with van der Waals surface area (Å²) in [7, 11) is 3.41. The Balaban J connectivity index is 2.68. The molecule has 0 aliphatic heterocycles. The molecule has 0 aromatic heterocycles. The molecule has 1 aromatic carbocycles. The predicted molar refractivity (Wildman–Crippen MR) is 153 cm³/mol. The third-order valence-corrected chi connectivity index (χ3v) is 7.73. The fourth-order valence-corrected chi connectivity index (χ4v) is 5.00. The van der Waals surface area contributed by atoms with Crippen molar-refractivity contribution < 1.29 is 19.1 Å². The molecule has 37 heavy (non-hydrogen) atoms.